The summed E-state index contributed by atoms with van der Waals surface area (Å²) in [7, 11) is 0. The first-order valence-electron chi connectivity index (χ1n) is 5.50. The summed E-state index contributed by atoms with van der Waals surface area (Å²) < 4.78 is 4.83. The van der Waals surface area contributed by atoms with Crippen molar-refractivity contribution in [2.75, 3.05) is 0 Å². The van der Waals surface area contributed by atoms with Gasteiger partial charge in [0.2, 0.25) is 0 Å². The van der Waals surface area contributed by atoms with E-state index in [9.17, 15) is 14.9 Å². The van der Waals surface area contributed by atoms with E-state index in [4.69, 9.17) is 27.6 Å². The molecule has 0 aliphatic carbocycles. The largest absolute Gasteiger partial charge is 0.433 e. The summed E-state index contributed by atoms with van der Waals surface area (Å²) in [6.45, 7) is 0. The number of hydrogen-bond donors (Lipinski definition) is 1. The van der Waals surface area contributed by atoms with E-state index in [0.717, 1.165) is 6.21 Å². The second kappa shape index (κ2) is 6.38. The van der Waals surface area contributed by atoms with E-state index in [-0.39, 0.29) is 16.3 Å². The Morgan fingerprint density at radius 1 is 1.33 bits per heavy atom. The zero-order valence-electron chi connectivity index (χ0n) is 10.2. The van der Waals surface area contributed by atoms with Gasteiger partial charge in [-0.1, -0.05) is 23.2 Å². The molecule has 1 N–H and O–H groups in total. The third kappa shape index (κ3) is 3.80. The number of hydrazone groups is 1. The molecule has 9 heteroatoms. The molecule has 1 amide bonds. The van der Waals surface area contributed by atoms with Crippen molar-refractivity contribution >= 4 is 41.2 Å². The predicted molar refractivity (Wildman–Crippen MR) is 76.9 cm³/mol. The Morgan fingerprint density at radius 3 is 2.71 bits per heavy atom. The lowest BCUT2D eigenvalue weighted by molar-refractivity contribution is -0.402. The maximum atomic E-state index is 11.8. The lowest BCUT2D eigenvalue weighted by atomic mass is 10.2. The molecule has 7 nitrogen and oxygen atoms in total. The highest BCUT2D eigenvalue weighted by Gasteiger charge is 2.11. The molecule has 0 aliphatic heterocycles. The molecule has 2 aromatic rings. The maximum absolute atomic E-state index is 11.8. The number of benzene rings is 1. The second-order valence-corrected chi connectivity index (χ2v) is 4.60. The van der Waals surface area contributed by atoms with E-state index in [0.29, 0.717) is 5.02 Å². The SMILES string of the molecule is O=C(N/N=C/c1ccc([N+](=O)[O-])o1)c1ccc(Cl)cc1Cl. The number of furan rings is 1. The average Bonchev–Trinajstić information content (AvgIpc) is 2.87. The van der Waals surface area contributed by atoms with Crippen LogP contribution < -0.4 is 5.43 Å². The quantitative estimate of drug-likeness (QED) is 0.529. The minimum atomic E-state index is -0.677. The number of nitrogens with zero attached hydrogens (tertiary/aromatic N) is 2. The molecule has 21 heavy (non-hydrogen) atoms. The topological polar surface area (TPSA) is 97.7 Å². The highest BCUT2D eigenvalue weighted by molar-refractivity contribution is 6.36. The van der Waals surface area contributed by atoms with Gasteiger partial charge in [0.25, 0.3) is 5.91 Å². The fraction of sp³-hybridized carbons (Fsp3) is 0. The number of amides is 1. The zero-order valence-corrected chi connectivity index (χ0v) is 11.8. The first-order chi connectivity index (χ1) is 9.97. The van der Waals surface area contributed by atoms with Crippen molar-refractivity contribution in [1.82, 2.24) is 5.43 Å². The Hall–Kier alpha value is -2.38. The van der Waals surface area contributed by atoms with Crippen molar-refractivity contribution in [2.45, 2.75) is 0 Å². The van der Waals surface area contributed by atoms with Gasteiger partial charge in [-0.25, -0.2) is 5.43 Å². The Bertz CT molecular complexity index is 727. The molecule has 1 heterocycles. The standard InChI is InChI=1S/C12H7Cl2N3O4/c13-7-1-3-9(10(14)5-7)12(18)16-15-6-8-2-4-11(21-8)17(19)20/h1-6H,(H,16,18)/b15-6+. The van der Waals surface area contributed by atoms with Crippen LogP contribution in [0.3, 0.4) is 0 Å². The van der Waals surface area contributed by atoms with Crippen molar-refractivity contribution < 1.29 is 14.1 Å². The normalized spacial score (nSPS) is 10.8. The number of nitro groups is 1. The number of nitrogens with one attached hydrogen (secondary N) is 1. The Labute approximate surface area is 128 Å². The molecule has 0 saturated heterocycles. The summed E-state index contributed by atoms with van der Waals surface area (Å²) in [6.07, 6.45) is 1.13. The summed E-state index contributed by atoms with van der Waals surface area (Å²) in [5.74, 6) is -0.832. The summed E-state index contributed by atoms with van der Waals surface area (Å²) >= 11 is 11.6. The van der Waals surface area contributed by atoms with Crippen molar-refractivity contribution in [1.29, 1.82) is 0 Å². The van der Waals surface area contributed by atoms with Gasteiger partial charge in [0.15, 0.2) is 5.76 Å². The highest BCUT2D eigenvalue weighted by atomic mass is 35.5. The minimum absolute atomic E-state index is 0.129. The van der Waals surface area contributed by atoms with Crippen LogP contribution in [-0.2, 0) is 0 Å². The first-order valence-corrected chi connectivity index (χ1v) is 6.25. The Kier molecular flexibility index (Phi) is 4.56. The Balaban J connectivity index is 2.03. The molecule has 0 bridgehead atoms. The smallest absolute Gasteiger partial charge is 0.400 e. The lowest BCUT2D eigenvalue weighted by Crippen LogP contribution is -2.17. The van der Waals surface area contributed by atoms with Gasteiger partial charge < -0.3 is 4.42 Å². The third-order valence-electron chi connectivity index (χ3n) is 2.33. The highest BCUT2D eigenvalue weighted by Crippen LogP contribution is 2.20. The van der Waals surface area contributed by atoms with Crippen LogP contribution in [0.5, 0.6) is 0 Å². The molecule has 1 aromatic carbocycles. The van der Waals surface area contributed by atoms with Crippen LogP contribution in [0, 0.1) is 10.1 Å². The number of hydrogen-bond acceptors (Lipinski definition) is 5. The van der Waals surface area contributed by atoms with Gasteiger partial charge in [-0.15, -0.1) is 0 Å². The number of halogens is 2. The summed E-state index contributed by atoms with van der Waals surface area (Å²) in [5.41, 5.74) is 2.42. The van der Waals surface area contributed by atoms with E-state index in [2.05, 4.69) is 10.5 Å². The van der Waals surface area contributed by atoms with Crippen molar-refractivity contribution in [3.63, 3.8) is 0 Å². The van der Waals surface area contributed by atoms with Gasteiger partial charge in [0, 0.05) is 5.02 Å². The van der Waals surface area contributed by atoms with Gasteiger partial charge in [0.1, 0.15) is 4.92 Å². The zero-order chi connectivity index (χ0) is 15.4. The summed E-state index contributed by atoms with van der Waals surface area (Å²) in [4.78, 5) is 21.5. The molecule has 0 unspecified atom stereocenters. The second-order valence-electron chi connectivity index (χ2n) is 3.76. The van der Waals surface area contributed by atoms with Crippen molar-refractivity contribution in [3.8, 4) is 0 Å². The summed E-state index contributed by atoms with van der Waals surface area (Å²) in [5, 5.41) is 14.6. The first kappa shape index (κ1) is 15.0. The number of rotatable bonds is 4. The van der Waals surface area contributed by atoms with Gasteiger partial charge in [0.05, 0.1) is 22.9 Å². The molecule has 0 aliphatic rings. The molecule has 0 fully saturated rings. The van der Waals surface area contributed by atoms with Crippen molar-refractivity contribution in [2.24, 2.45) is 5.10 Å². The molecule has 0 radical (unpaired) electrons. The van der Waals surface area contributed by atoms with Crippen LogP contribution in [0.25, 0.3) is 0 Å². The monoisotopic (exact) mass is 327 g/mol. The van der Waals surface area contributed by atoms with Crippen LogP contribution in [0.15, 0.2) is 39.9 Å². The van der Waals surface area contributed by atoms with Gasteiger partial charge >= 0.3 is 5.88 Å². The van der Waals surface area contributed by atoms with E-state index >= 15 is 0 Å². The fourth-order valence-corrected chi connectivity index (χ4v) is 1.89. The summed E-state index contributed by atoms with van der Waals surface area (Å²) in [6, 6.07) is 6.93. The molecule has 0 saturated carbocycles. The van der Waals surface area contributed by atoms with Crippen LogP contribution in [0.2, 0.25) is 10.0 Å². The van der Waals surface area contributed by atoms with Gasteiger partial charge in [-0.05, 0) is 24.3 Å². The fourth-order valence-electron chi connectivity index (χ4n) is 1.40. The predicted octanol–water partition coefficient (Wildman–Crippen LogP) is 3.26. The maximum Gasteiger partial charge on any atom is 0.433 e. The van der Waals surface area contributed by atoms with Crippen LogP contribution in [-0.4, -0.2) is 17.0 Å². The lowest BCUT2D eigenvalue weighted by Gasteiger charge is -2.02. The van der Waals surface area contributed by atoms with E-state index in [1.165, 1.54) is 30.3 Å². The van der Waals surface area contributed by atoms with Crippen molar-refractivity contribution in [3.05, 3.63) is 61.8 Å². The van der Waals surface area contributed by atoms with E-state index in [1.54, 1.807) is 0 Å². The molecule has 108 valence electrons. The minimum Gasteiger partial charge on any atom is -0.400 e. The Morgan fingerprint density at radius 2 is 2.10 bits per heavy atom. The third-order valence-corrected chi connectivity index (χ3v) is 2.87. The van der Waals surface area contributed by atoms with E-state index < -0.39 is 16.7 Å². The molecule has 0 spiro atoms. The number of carbonyl (C=O) groups is 1. The molecule has 1 aromatic heterocycles. The van der Waals surface area contributed by atoms with Crippen LogP contribution in [0.1, 0.15) is 16.1 Å². The van der Waals surface area contributed by atoms with Gasteiger partial charge in [-0.3, -0.25) is 14.9 Å². The van der Waals surface area contributed by atoms with E-state index in [1.807, 2.05) is 0 Å². The van der Waals surface area contributed by atoms with Crippen LogP contribution >= 0.6 is 23.2 Å². The molecular weight excluding hydrogens is 321 g/mol. The van der Waals surface area contributed by atoms with Gasteiger partial charge in [-0.2, -0.15) is 5.10 Å². The molecule has 0 atom stereocenters. The molecule has 2 rings (SSSR count). The molecular formula is C12H7Cl2N3O4. The number of carbonyl (C=O) groups excluding carboxylic acids is 1. The van der Waals surface area contributed by atoms with Crippen LogP contribution in [0.4, 0.5) is 5.88 Å². The average molecular weight is 328 g/mol.